The summed E-state index contributed by atoms with van der Waals surface area (Å²) in [5.41, 5.74) is 1.09. The molecule has 0 saturated carbocycles. The molecule has 0 unspecified atom stereocenters. The van der Waals surface area contributed by atoms with Gasteiger partial charge in [-0.05, 0) is 29.8 Å². The highest BCUT2D eigenvalue weighted by Gasteiger charge is 2.22. The van der Waals surface area contributed by atoms with Crippen molar-refractivity contribution >= 4 is 17.8 Å². The minimum Gasteiger partial charge on any atom is -0.467 e. The lowest BCUT2D eigenvalue weighted by atomic mass is 10.1. The van der Waals surface area contributed by atoms with Crippen molar-refractivity contribution in [1.82, 2.24) is 10.6 Å². The summed E-state index contributed by atoms with van der Waals surface area (Å²) in [6, 6.07) is 13.2. The molecular weight excluding hydrogens is 339 g/mol. The minimum absolute atomic E-state index is 0.230. The SMILES string of the molecule is COC(=O)[C@H](Cc1ccccc1)NC(=O)CNC(=O)c1ccc(F)cc1. The fourth-order valence-electron chi connectivity index (χ4n) is 2.29. The van der Waals surface area contributed by atoms with E-state index in [1.165, 1.54) is 19.2 Å². The topological polar surface area (TPSA) is 84.5 Å². The Hall–Kier alpha value is -3.22. The van der Waals surface area contributed by atoms with Crippen LogP contribution in [0.25, 0.3) is 0 Å². The van der Waals surface area contributed by atoms with Crippen LogP contribution in [0.1, 0.15) is 15.9 Å². The Balaban J connectivity index is 1.91. The quantitative estimate of drug-likeness (QED) is 0.734. The van der Waals surface area contributed by atoms with E-state index in [1.54, 1.807) is 0 Å². The first kappa shape index (κ1) is 19.1. The maximum atomic E-state index is 12.9. The van der Waals surface area contributed by atoms with Crippen molar-refractivity contribution in [3.63, 3.8) is 0 Å². The number of esters is 1. The molecule has 0 bridgehead atoms. The van der Waals surface area contributed by atoms with Gasteiger partial charge in [0.15, 0.2) is 0 Å². The molecule has 7 heteroatoms. The van der Waals surface area contributed by atoms with E-state index in [-0.39, 0.29) is 18.5 Å². The highest BCUT2D eigenvalue weighted by atomic mass is 19.1. The lowest BCUT2D eigenvalue weighted by molar-refractivity contribution is -0.144. The summed E-state index contributed by atoms with van der Waals surface area (Å²) in [4.78, 5) is 35.9. The molecule has 0 aliphatic rings. The zero-order valence-electron chi connectivity index (χ0n) is 14.2. The number of hydrogen-bond donors (Lipinski definition) is 2. The molecule has 26 heavy (non-hydrogen) atoms. The van der Waals surface area contributed by atoms with E-state index in [9.17, 15) is 18.8 Å². The van der Waals surface area contributed by atoms with E-state index >= 15 is 0 Å². The van der Waals surface area contributed by atoms with E-state index in [0.29, 0.717) is 0 Å². The molecule has 0 fully saturated rings. The van der Waals surface area contributed by atoms with Crippen molar-refractivity contribution in [2.24, 2.45) is 0 Å². The van der Waals surface area contributed by atoms with Gasteiger partial charge >= 0.3 is 5.97 Å². The van der Waals surface area contributed by atoms with Crippen molar-refractivity contribution < 1.29 is 23.5 Å². The fourth-order valence-corrected chi connectivity index (χ4v) is 2.29. The number of rotatable bonds is 7. The smallest absolute Gasteiger partial charge is 0.328 e. The number of ether oxygens (including phenoxy) is 1. The number of methoxy groups -OCH3 is 1. The van der Waals surface area contributed by atoms with Crippen LogP contribution in [0.5, 0.6) is 0 Å². The normalized spacial score (nSPS) is 11.3. The highest BCUT2D eigenvalue weighted by Crippen LogP contribution is 2.05. The second kappa shape index (κ2) is 9.31. The van der Waals surface area contributed by atoms with Crippen LogP contribution in [0.2, 0.25) is 0 Å². The largest absolute Gasteiger partial charge is 0.467 e. The van der Waals surface area contributed by atoms with Gasteiger partial charge in [0.05, 0.1) is 13.7 Å². The van der Waals surface area contributed by atoms with Crippen LogP contribution in [0.4, 0.5) is 4.39 Å². The molecule has 0 aromatic heterocycles. The minimum atomic E-state index is -0.863. The van der Waals surface area contributed by atoms with Gasteiger partial charge in [0.25, 0.3) is 5.91 Å². The van der Waals surface area contributed by atoms with Crippen LogP contribution < -0.4 is 10.6 Å². The third kappa shape index (κ3) is 5.70. The Morgan fingerprint density at radius 1 is 1.04 bits per heavy atom. The monoisotopic (exact) mass is 358 g/mol. The summed E-state index contributed by atoms with van der Waals surface area (Å²) in [7, 11) is 1.24. The van der Waals surface area contributed by atoms with Crippen molar-refractivity contribution in [2.75, 3.05) is 13.7 Å². The standard InChI is InChI=1S/C19H19FN2O4/c1-26-19(25)16(11-13-5-3-2-4-6-13)22-17(23)12-21-18(24)14-7-9-15(20)10-8-14/h2-10,16H,11-12H2,1H3,(H,21,24)(H,22,23)/t16-/m0/s1. The van der Waals surface area contributed by atoms with E-state index in [2.05, 4.69) is 10.6 Å². The molecular formula is C19H19FN2O4. The molecule has 2 N–H and O–H groups in total. The first-order valence-electron chi connectivity index (χ1n) is 7.94. The third-order valence-corrected chi connectivity index (χ3v) is 3.62. The molecule has 0 radical (unpaired) electrons. The molecule has 136 valence electrons. The number of amides is 2. The lowest BCUT2D eigenvalue weighted by Gasteiger charge is -2.17. The summed E-state index contributed by atoms with van der Waals surface area (Å²) >= 11 is 0. The number of benzene rings is 2. The summed E-state index contributed by atoms with van der Waals surface area (Å²) in [6.07, 6.45) is 0.269. The predicted octanol–water partition coefficient (Wildman–Crippen LogP) is 1.46. The number of carbonyl (C=O) groups is 3. The van der Waals surface area contributed by atoms with Crippen LogP contribution in [0.15, 0.2) is 54.6 Å². The summed E-state index contributed by atoms with van der Waals surface area (Å²) in [5, 5.41) is 4.96. The van der Waals surface area contributed by atoms with E-state index in [4.69, 9.17) is 4.74 Å². The van der Waals surface area contributed by atoms with Crippen LogP contribution in [0, 0.1) is 5.82 Å². The highest BCUT2D eigenvalue weighted by molar-refractivity contribution is 5.96. The molecule has 2 amide bonds. The molecule has 2 aromatic carbocycles. The first-order chi connectivity index (χ1) is 12.5. The van der Waals surface area contributed by atoms with Crippen molar-refractivity contribution in [2.45, 2.75) is 12.5 Å². The lowest BCUT2D eigenvalue weighted by Crippen LogP contribution is -2.47. The molecule has 0 heterocycles. The first-order valence-corrected chi connectivity index (χ1v) is 7.94. The van der Waals surface area contributed by atoms with Crippen LogP contribution in [-0.4, -0.2) is 37.5 Å². The molecule has 0 aliphatic heterocycles. The maximum absolute atomic E-state index is 12.9. The second-order valence-electron chi connectivity index (χ2n) is 5.52. The molecule has 0 aliphatic carbocycles. The average molecular weight is 358 g/mol. The van der Waals surface area contributed by atoms with Gasteiger partial charge in [-0.3, -0.25) is 9.59 Å². The Bertz CT molecular complexity index is 763. The van der Waals surface area contributed by atoms with Gasteiger partial charge in [0.1, 0.15) is 11.9 Å². The van der Waals surface area contributed by atoms with Gasteiger partial charge in [0.2, 0.25) is 5.91 Å². The van der Waals surface area contributed by atoms with Crippen molar-refractivity contribution in [3.8, 4) is 0 Å². The Morgan fingerprint density at radius 2 is 1.69 bits per heavy atom. The number of halogens is 1. The summed E-state index contributed by atoms with van der Waals surface area (Å²) in [6.45, 7) is -0.321. The van der Waals surface area contributed by atoms with E-state index in [0.717, 1.165) is 17.7 Å². The van der Waals surface area contributed by atoms with Gasteiger partial charge < -0.3 is 15.4 Å². The van der Waals surface area contributed by atoms with E-state index in [1.807, 2.05) is 30.3 Å². The third-order valence-electron chi connectivity index (χ3n) is 3.62. The Kier molecular flexibility index (Phi) is 6.84. The van der Waals surface area contributed by atoms with Gasteiger partial charge in [-0.1, -0.05) is 30.3 Å². The summed E-state index contributed by atoms with van der Waals surface area (Å²) in [5.74, 6) is -2.09. The number of carbonyl (C=O) groups excluding carboxylic acids is 3. The van der Waals surface area contributed by atoms with Gasteiger partial charge in [-0.25, -0.2) is 9.18 Å². The predicted molar refractivity (Wildman–Crippen MR) is 92.8 cm³/mol. The average Bonchev–Trinajstić information content (AvgIpc) is 2.66. The van der Waals surface area contributed by atoms with Crippen molar-refractivity contribution in [1.29, 1.82) is 0 Å². The molecule has 1 atom stereocenters. The molecule has 6 nitrogen and oxygen atoms in total. The molecule has 2 aromatic rings. The van der Waals surface area contributed by atoms with Crippen LogP contribution >= 0.6 is 0 Å². The molecule has 0 spiro atoms. The van der Waals surface area contributed by atoms with E-state index < -0.39 is 29.6 Å². The molecule has 2 rings (SSSR count). The van der Waals surface area contributed by atoms with Gasteiger partial charge in [0, 0.05) is 12.0 Å². The maximum Gasteiger partial charge on any atom is 0.328 e. The number of nitrogens with one attached hydrogen (secondary N) is 2. The van der Waals surface area contributed by atoms with Crippen molar-refractivity contribution in [3.05, 3.63) is 71.5 Å². The zero-order chi connectivity index (χ0) is 18.9. The number of hydrogen-bond acceptors (Lipinski definition) is 4. The Labute approximate surface area is 150 Å². The Morgan fingerprint density at radius 3 is 2.31 bits per heavy atom. The fraction of sp³-hybridized carbons (Fsp3) is 0.211. The van der Waals surface area contributed by atoms with Gasteiger partial charge in [-0.15, -0.1) is 0 Å². The zero-order valence-corrected chi connectivity index (χ0v) is 14.2. The second-order valence-corrected chi connectivity index (χ2v) is 5.52. The molecule has 0 saturated heterocycles. The van der Waals surface area contributed by atoms with Gasteiger partial charge in [-0.2, -0.15) is 0 Å². The van der Waals surface area contributed by atoms with Crippen LogP contribution in [0.3, 0.4) is 0 Å². The summed E-state index contributed by atoms with van der Waals surface area (Å²) < 4.78 is 17.6. The van der Waals surface area contributed by atoms with Crippen LogP contribution in [-0.2, 0) is 20.7 Å².